The number of hydrogen-bond donors (Lipinski definition) is 5. The number of thioether (sulfide) groups is 1. The fourth-order valence-corrected chi connectivity index (χ4v) is 2.97. The molecule has 9 nitrogen and oxygen atoms in total. The molecule has 0 heterocycles. The summed E-state index contributed by atoms with van der Waals surface area (Å²) in [4.78, 5) is 45.3. The minimum atomic E-state index is -1.21. The van der Waals surface area contributed by atoms with Gasteiger partial charge in [-0.25, -0.2) is 0 Å². The molecule has 0 aromatic rings. The van der Waals surface area contributed by atoms with E-state index < -0.39 is 42.4 Å². The summed E-state index contributed by atoms with van der Waals surface area (Å²) in [5.74, 6) is -1.59. The van der Waals surface area contributed by atoms with Gasteiger partial charge >= 0.3 is 11.9 Å². The second-order valence-electron chi connectivity index (χ2n) is 5.52. The third kappa shape index (κ3) is 9.04. The average molecular weight is 384 g/mol. The van der Waals surface area contributed by atoms with Gasteiger partial charge in [0, 0.05) is 17.9 Å². The highest BCUT2D eigenvalue weighted by molar-refractivity contribution is 7.99. The van der Waals surface area contributed by atoms with Crippen molar-refractivity contribution in [3.8, 4) is 0 Å². The zero-order valence-corrected chi connectivity index (χ0v) is 14.8. The van der Waals surface area contributed by atoms with Crippen LogP contribution in [0.15, 0.2) is 0 Å². The van der Waals surface area contributed by atoms with Gasteiger partial charge in [-0.15, -0.1) is 0 Å². The lowest BCUT2D eigenvalue weighted by molar-refractivity contribution is -0.139. The van der Waals surface area contributed by atoms with Crippen molar-refractivity contribution in [1.82, 2.24) is 10.6 Å². The zero-order chi connectivity index (χ0) is 19.5. The molecule has 0 unspecified atom stereocenters. The molecule has 5 radical (unpaired) electrons. The molecule has 2 atom stereocenters. The molecular formula is C16H22N3O6S. The van der Waals surface area contributed by atoms with E-state index in [9.17, 15) is 19.2 Å². The third-order valence-corrected chi connectivity index (χ3v) is 4.46. The number of nitrogens with one attached hydrogen (secondary N) is 2. The maximum Gasteiger partial charge on any atom is 0.322 e. The number of amides is 2. The normalized spacial score (nSPS) is 16.7. The van der Waals surface area contributed by atoms with Crippen molar-refractivity contribution < 1.29 is 29.4 Å². The van der Waals surface area contributed by atoms with Gasteiger partial charge in [0.1, 0.15) is 18.6 Å². The van der Waals surface area contributed by atoms with Crippen molar-refractivity contribution in [1.29, 1.82) is 0 Å². The lowest BCUT2D eigenvalue weighted by Crippen LogP contribution is -2.49. The van der Waals surface area contributed by atoms with E-state index in [1.807, 2.05) is 25.7 Å². The van der Waals surface area contributed by atoms with Gasteiger partial charge in [0.05, 0.1) is 0 Å². The lowest BCUT2D eigenvalue weighted by atomic mass is 10.1. The van der Waals surface area contributed by atoms with E-state index in [2.05, 4.69) is 10.6 Å². The minimum absolute atomic E-state index is 0.0642. The van der Waals surface area contributed by atoms with Crippen LogP contribution in [-0.4, -0.2) is 64.1 Å². The Kier molecular flexibility index (Phi) is 10.0. The van der Waals surface area contributed by atoms with Crippen molar-refractivity contribution in [3.63, 3.8) is 0 Å². The van der Waals surface area contributed by atoms with E-state index >= 15 is 0 Å². The van der Waals surface area contributed by atoms with E-state index in [0.717, 1.165) is 5.92 Å². The van der Waals surface area contributed by atoms with Crippen LogP contribution in [0.2, 0.25) is 0 Å². The molecule has 26 heavy (non-hydrogen) atoms. The summed E-state index contributed by atoms with van der Waals surface area (Å²) in [6, 6.07) is -2.09. The summed E-state index contributed by atoms with van der Waals surface area (Å²) in [6.45, 7) is -0.553. The van der Waals surface area contributed by atoms with Gasteiger partial charge in [0.2, 0.25) is 11.8 Å². The van der Waals surface area contributed by atoms with Crippen LogP contribution in [0.4, 0.5) is 0 Å². The first-order chi connectivity index (χ1) is 12.3. The Hall–Kier alpha value is -1.81. The highest BCUT2D eigenvalue weighted by Crippen LogP contribution is 2.26. The number of nitrogens with two attached hydrogens (primary N) is 1. The van der Waals surface area contributed by atoms with Gasteiger partial charge in [-0.05, 0) is 38.0 Å². The largest absolute Gasteiger partial charge is 0.480 e. The molecule has 0 saturated heterocycles. The Morgan fingerprint density at radius 2 is 1.81 bits per heavy atom. The smallest absolute Gasteiger partial charge is 0.322 e. The topological polar surface area (TPSA) is 159 Å². The molecule has 1 aliphatic rings. The first-order valence-corrected chi connectivity index (χ1v) is 9.00. The molecule has 0 bridgehead atoms. The second-order valence-corrected chi connectivity index (χ2v) is 6.55. The van der Waals surface area contributed by atoms with Crippen LogP contribution in [0.25, 0.3) is 0 Å². The summed E-state index contributed by atoms with van der Waals surface area (Å²) < 4.78 is 0. The Morgan fingerprint density at radius 3 is 2.38 bits per heavy atom. The number of carbonyl (C=O) groups is 4. The Labute approximate surface area is 156 Å². The lowest BCUT2D eigenvalue weighted by Gasteiger charge is -2.19. The second kappa shape index (κ2) is 11.7. The number of rotatable bonds is 12. The van der Waals surface area contributed by atoms with Crippen molar-refractivity contribution in [2.75, 3.05) is 18.1 Å². The highest BCUT2D eigenvalue weighted by Gasteiger charge is 2.24. The Bertz CT molecular complexity index is 510. The fourth-order valence-electron chi connectivity index (χ4n) is 1.95. The first kappa shape index (κ1) is 22.2. The van der Waals surface area contributed by atoms with E-state index in [4.69, 9.17) is 15.9 Å². The molecule has 0 aromatic heterocycles. The third-order valence-electron chi connectivity index (χ3n) is 3.35. The molecule has 1 saturated carbocycles. The molecule has 1 rings (SSSR count). The first-order valence-electron chi connectivity index (χ1n) is 7.85. The molecule has 2 amide bonds. The molecule has 1 fully saturated rings. The molecule has 10 heteroatoms. The van der Waals surface area contributed by atoms with Crippen LogP contribution in [-0.2, 0) is 19.2 Å². The van der Waals surface area contributed by atoms with Crippen LogP contribution < -0.4 is 16.4 Å². The predicted molar refractivity (Wildman–Crippen MR) is 95.2 cm³/mol. The van der Waals surface area contributed by atoms with Crippen molar-refractivity contribution in [2.45, 2.75) is 24.9 Å². The van der Waals surface area contributed by atoms with Crippen molar-refractivity contribution in [2.24, 2.45) is 5.73 Å². The van der Waals surface area contributed by atoms with Crippen LogP contribution in [0.3, 0.4) is 0 Å². The quantitative estimate of drug-likeness (QED) is 0.287. The van der Waals surface area contributed by atoms with Gasteiger partial charge in [0.25, 0.3) is 0 Å². The van der Waals surface area contributed by atoms with Crippen molar-refractivity contribution in [3.05, 3.63) is 31.6 Å². The summed E-state index contributed by atoms with van der Waals surface area (Å²) in [6.07, 6.45) is 7.42. The van der Waals surface area contributed by atoms with Crippen LogP contribution in [0.5, 0.6) is 0 Å². The van der Waals surface area contributed by atoms with Crippen LogP contribution >= 0.6 is 11.8 Å². The number of aliphatic carboxylic acids is 2. The monoisotopic (exact) mass is 384 g/mol. The van der Waals surface area contributed by atoms with Gasteiger partial charge < -0.3 is 26.6 Å². The standard InChI is InChI=1S/C16H22N3O6S/c17-11(16(24)25)5-6-13(20)19-12(15(23)18-7-14(21)22)9-26-8-10-3-1-2-4-10/h1-4,11-12H,5-9,17H2,(H,18,23)(H,19,20)(H,21,22)(H,24,25)/t11-,12-/m0/s1. The molecule has 0 aliphatic heterocycles. The van der Waals surface area contributed by atoms with Crippen LogP contribution in [0, 0.1) is 31.6 Å². The summed E-state index contributed by atoms with van der Waals surface area (Å²) in [7, 11) is 0. The van der Waals surface area contributed by atoms with Crippen LogP contribution in [0.1, 0.15) is 12.8 Å². The number of carboxylic acids is 2. The molecular weight excluding hydrogens is 362 g/mol. The summed E-state index contributed by atoms with van der Waals surface area (Å²) in [5, 5.41) is 22.1. The number of hydrogen-bond acceptors (Lipinski definition) is 6. The molecule has 0 aromatic carbocycles. The van der Waals surface area contributed by atoms with E-state index in [-0.39, 0.29) is 18.6 Å². The maximum absolute atomic E-state index is 12.1. The molecule has 143 valence electrons. The molecule has 1 aliphatic carbocycles. The predicted octanol–water partition coefficient (Wildman–Crippen LogP) is -0.997. The van der Waals surface area contributed by atoms with Gasteiger partial charge in [-0.1, -0.05) is 0 Å². The van der Waals surface area contributed by atoms with E-state index in [0.29, 0.717) is 5.75 Å². The Morgan fingerprint density at radius 1 is 1.15 bits per heavy atom. The highest BCUT2D eigenvalue weighted by atomic mass is 32.2. The van der Waals surface area contributed by atoms with Crippen molar-refractivity contribution >= 4 is 35.5 Å². The SMILES string of the molecule is N[C@@H](CCC(=O)N[C@@H](CSC[C]1[CH][CH][CH][CH]1)C(=O)NCC(=O)O)C(=O)O. The molecule has 0 spiro atoms. The minimum Gasteiger partial charge on any atom is -0.480 e. The summed E-state index contributed by atoms with van der Waals surface area (Å²) >= 11 is 1.41. The van der Waals surface area contributed by atoms with Gasteiger partial charge in [0.15, 0.2) is 0 Å². The number of carbonyl (C=O) groups excluding carboxylic acids is 2. The zero-order valence-electron chi connectivity index (χ0n) is 14.0. The van der Waals surface area contributed by atoms with E-state index in [1.165, 1.54) is 11.8 Å². The van der Waals surface area contributed by atoms with Gasteiger partial charge in [-0.2, -0.15) is 11.8 Å². The Balaban J connectivity index is 2.48. The maximum atomic E-state index is 12.1. The average Bonchev–Trinajstić information content (AvgIpc) is 3.09. The summed E-state index contributed by atoms with van der Waals surface area (Å²) in [5.41, 5.74) is 5.34. The fraction of sp³-hybridized carbons (Fsp3) is 0.438. The number of carboxylic acid groups (broad SMARTS) is 2. The van der Waals surface area contributed by atoms with E-state index in [1.54, 1.807) is 0 Å². The molecule has 6 N–H and O–H groups in total. The van der Waals surface area contributed by atoms with Gasteiger partial charge in [-0.3, -0.25) is 19.2 Å².